The molecule has 0 heterocycles. The van der Waals surface area contributed by atoms with Crippen molar-refractivity contribution in [1.82, 2.24) is 0 Å². The summed E-state index contributed by atoms with van der Waals surface area (Å²) in [5.41, 5.74) is 0. The summed E-state index contributed by atoms with van der Waals surface area (Å²) in [6.07, 6.45) is 4.76. The van der Waals surface area contributed by atoms with Gasteiger partial charge in [-0.15, -0.1) is 0 Å². The summed E-state index contributed by atoms with van der Waals surface area (Å²) in [5.74, 6) is 0.666. The first kappa shape index (κ1) is 14.3. The van der Waals surface area contributed by atoms with E-state index in [1.807, 2.05) is 6.92 Å². The Kier molecular flexibility index (Phi) is 4.82. The molecule has 0 radical (unpaired) electrons. The van der Waals surface area contributed by atoms with E-state index >= 15 is 0 Å². The van der Waals surface area contributed by atoms with E-state index in [1.54, 1.807) is 12.1 Å². The van der Waals surface area contributed by atoms with Crippen LogP contribution in [0.5, 0.6) is 5.75 Å². The van der Waals surface area contributed by atoms with E-state index < -0.39 is 10.1 Å². The third-order valence-electron chi connectivity index (χ3n) is 3.24. The van der Waals surface area contributed by atoms with Crippen LogP contribution in [0.25, 0.3) is 0 Å². The summed E-state index contributed by atoms with van der Waals surface area (Å²) in [6, 6.07) is 6.37. The minimum atomic E-state index is -3.65. The van der Waals surface area contributed by atoms with Crippen LogP contribution >= 0.6 is 0 Å². The Labute approximate surface area is 114 Å². The Balaban J connectivity index is 2.05. The van der Waals surface area contributed by atoms with Crippen molar-refractivity contribution in [3.63, 3.8) is 0 Å². The molecule has 1 aromatic rings. The molecule has 0 unspecified atom stereocenters. The molecule has 1 saturated carbocycles. The average Bonchev–Trinajstić information content (AvgIpc) is 2.40. The molecule has 0 atom stereocenters. The van der Waals surface area contributed by atoms with Gasteiger partial charge in [-0.05, 0) is 44.0 Å². The van der Waals surface area contributed by atoms with Gasteiger partial charge < -0.3 is 4.74 Å². The van der Waals surface area contributed by atoms with E-state index in [2.05, 4.69) is 0 Å². The van der Waals surface area contributed by atoms with Crippen molar-refractivity contribution in [3.05, 3.63) is 24.3 Å². The molecule has 0 aliphatic heterocycles. The molecule has 2 rings (SSSR count). The van der Waals surface area contributed by atoms with Crippen LogP contribution in [0.4, 0.5) is 0 Å². The fraction of sp³-hybridized carbons (Fsp3) is 0.571. The molecular formula is C14H20O4S. The quantitative estimate of drug-likeness (QED) is 0.780. The molecule has 106 valence electrons. The van der Waals surface area contributed by atoms with E-state index in [-0.39, 0.29) is 11.0 Å². The molecule has 0 amide bonds. The highest BCUT2D eigenvalue weighted by molar-refractivity contribution is 7.86. The van der Waals surface area contributed by atoms with Gasteiger partial charge in [0, 0.05) is 0 Å². The highest BCUT2D eigenvalue weighted by Crippen LogP contribution is 2.25. The van der Waals surface area contributed by atoms with Crippen LogP contribution < -0.4 is 4.74 Å². The Morgan fingerprint density at radius 3 is 2.32 bits per heavy atom. The van der Waals surface area contributed by atoms with Crippen molar-refractivity contribution in [2.45, 2.75) is 50.0 Å². The van der Waals surface area contributed by atoms with Crippen LogP contribution in [-0.4, -0.2) is 21.1 Å². The zero-order chi connectivity index (χ0) is 13.7. The fourth-order valence-corrected chi connectivity index (χ4v) is 3.40. The standard InChI is InChI=1S/C14H20O4S/c1-2-17-12-8-10-14(11-9-12)19(15,16)18-13-6-4-3-5-7-13/h8-11,13H,2-7H2,1H3. The lowest BCUT2D eigenvalue weighted by molar-refractivity contribution is 0.162. The van der Waals surface area contributed by atoms with Crippen molar-refractivity contribution in [2.75, 3.05) is 6.61 Å². The summed E-state index contributed by atoms with van der Waals surface area (Å²) < 4.78 is 34.8. The van der Waals surface area contributed by atoms with Gasteiger partial charge in [0.2, 0.25) is 0 Å². The zero-order valence-corrected chi connectivity index (χ0v) is 12.0. The van der Waals surface area contributed by atoms with Gasteiger partial charge in [-0.1, -0.05) is 19.3 Å². The zero-order valence-electron chi connectivity index (χ0n) is 11.2. The van der Waals surface area contributed by atoms with Crippen LogP contribution in [0.2, 0.25) is 0 Å². The van der Waals surface area contributed by atoms with Crippen molar-refractivity contribution in [1.29, 1.82) is 0 Å². The monoisotopic (exact) mass is 284 g/mol. The normalized spacial score (nSPS) is 17.3. The molecule has 4 nitrogen and oxygen atoms in total. The first-order chi connectivity index (χ1) is 9.12. The van der Waals surface area contributed by atoms with Gasteiger partial charge in [0.1, 0.15) is 5.75 Å². The number of ether oxygens (including phenoxy) is 1. The molecule has 1 aliphatic rings. The minimum Gasteiger partial charge on any atom is -0.494 e. The lowest BCUT2D eigenvalue weighted by Gasteiger charge is -2.21. The maximum absolute atomic E-state index is 12.1. The summed E-state index contributed by atoms with van der Waals surface area (Å²) in [6.45, 7) is 2.45. The van der Waals surface area contributed by atoms with Gasteiger partial charge in [-0.25, -0.2) is 0 Å². The second kappa shape index (κ2) is 6.39. The lowest BCUT2D eigenvalue weighted by Crippen LogP contribution is -2.21. The molecule has 0 aromatic heterocycles. The maximum atomic E-state index is 12.1. The Hall–Kier alpha value is -1.07. The van der Waals surface area contributed by atoms with Gasteiger partial charge in [0.15, 0.2) is 0 Å². The predicted molar refractivity (Wildman–Crippen MR) is 72.8 cm³/mol. The van der Waals surface area contributed by atoms with E-state index in [1.165, 1.54) is 18.6 Å². The lowest BCUT2D eigenvalue weighted by atomic mass is 9.98. The third kappa shape index (κ3) is 3.94. The SMILES string of the molecule is CCOc1ccc(S(=O)(=O)OC2CCCCC2)cc1. The van der Waals surface area contributed by atoms with Crippen molar-refractivity contribution in [2.24, 2.45) is 0 Å². The van der Waals surface area contributed by atoms with Gasteiger partial charge in [0.25, 0.3) is 10.1 Å². The van der Waals surface area contributed by atoms with Crippen LogP contribution in [-0.2, 0) is 14.3 Å². The van der Waals surface area contributed by atoms with E-state index in [0.717, 1.165) is 25.7 Å². The smallest absolute Gasteiger partial charge is 0.297 e. The van der Waals surface area contributed by atoms with Crippen LogP contribution in [0, 0.1) is 0 Å². The highest BCUT2D eigenvalue weighted by Gasteiger charge is 2.23. The van der Waals surface area contributed by atoms with E-state index in [4.69, 9.17) is 8.92 Å². The minimum absolute atomic E-state index is 0.162. The average molecular weight is 284 g/mol. The molecule has 1 aliphatic carbocycles. The number of rotatable bonds is 5. The number of benzene rings is 1. The van der Waals surface area contributed by atoms with Gasteiger partial charge in [-0.3, -0.25) is 4.18 Å². The maximum Gasteiger partial charge on any atom is 0.297 e. The first-order valence-electron chi connectivity index (χ1n) is 6.78. The second-order valence-electron chi connectivity index (χ2n) is 4.71. The van der Waals surface area contributed by atoms with Crippen LogP contribution in [0.1, 0.15) is 39.0 Å². The molecule has 5 heteroatoms. The Bertz CT molecular complexity index is 487. The summed E-state index contributed by atoms with van der Waals surface area (Å²) >= 11 is 0. The number of hydrogen-bond donors (Lipinski definition) is 0. The van der Waals surface area contributed by atoms with Crippen molar-refractivity contribution < 1.29 is 17.3 Å². The van der Waals surface area contributed by atoms with Gasteiger partial charge in [0.05, 0.1) is 17.6 Å². The summed E-state index contributed by atoms with van der Waals surface area (Å²) in [5, 5.41) is 0. The van der Waals surface area contributed by atoms with Crippen LogP contribution in [0.3, 0.4) is 0 Å². The molecule has 0 saturated heterocycles. The van der Waals surface area contributed by atoms with Gasteiger partial charge in [-0.2, -0.15) is 8.42 Å². The largest absolute Gasteiger partial charge is 0.494 e. The van der Waals surface area contributed by atoms with E-state index in [9.17, 15) is 8.42 Å². The Morgan fingerprint density at radius 1 is 1.11 bits per heavy atom. The van der Waals surface area contributed by atoms with Crippen LogP contribution in [0.15, 0.2) is 29.2 Å². The first-order valence-corrected chi connectivity index (χ1v) is 8.19. The molecule has 19 heavy (non-hydrogen) atoms. The molecule has 0 bridgehead atoms. The summed E-state index contributed by atoms with van der Waals surface area (Å²) in [7, 11) is -3.65. The molecule has 1 fully saturated rings. The molecule has 0 spiro atoms. The fourth-order valence-electron chi connectivity index (χ4n) is 2.27. The topological polar surface area (TPSA) is 52.6 Å². The van der Waals surface area contributed by atoms with E-state index in [0.29, 0.717) is 12.4 Å². The molecule has 0 N–H and O–H groups in total. The van der Waals surface area contributed by atoms with Crippen molar-refractivity contribution in [3.8, 4) is 5.75 Å². The summed E-state index contributed by atoms with van der Waals surface area (Å²) in [4.78, 5) is 0.196. The van der Waals surface area contributed by atoms with Crippen molar-refractivity contribution >= 4 is 10.1 Å². The Morgan fingerprint density at radius 2 is 1.74 bits per heavy atom. The molecule has 1 aromatic carbocycles. The molecular weight excluding hydrogens is 264 g/mol. The third-order valence-corrected chi connectivity index (χ3v) is 4.61. The number of hydrogen-bond acceptors (Lipinski definition) is 4. The highest BCUT2D eigenvalue weighted by atomic mass is 32.2. The van der Waals surface area contributed by atoms with Gasteiger partial charge >= 0.3 is 0 Å². The second-order valence-corrected chi connectivity index (χ2v) is 6.29. The predicted octanol–water partition coefficient (Wildman–Crippen LogP) is 3.12.